The molecule has 0 aliphatic heterocycles. The molecule has 0 radical (unpaired) electrons. The molecule has 48 heavy (non-hydrogen) atoms. The predicted molar refractivity (Wildman–Crippen MR) is 249 cm³/mol. The molecule has 0 unspecified atom stereocenters. The zero-order chi connectivity index (χ0) is 36.3. The minimum Gasteiger partial charge on any atom is -0.309 e. The summed E-state index contributed by atoms with van der Waals surface area (Å²) < 4.78 is 0. The Morgan fingerprint density at radius 2 is 0.604 bits per heavy atom. The SMILES string of the molecule is CSCCCC[Si](C)(CC[Si](C)(CCSCCN(C)C)CCSCCN(C)C)CC[Si](C)(CCSCCN(C)C)CCSCCN(C)C. The van der Waals surface area contributed by atoms with Gasteiger partial charge in [-0.15, -0.1) is 0 Å². The molecule has 0 rings (SSSR count). The highest BCUT2D eigenvalue weighted by molar-refractivity contribution is 8.00. The van der Waals surface area contributed by atoms with Crippen molar-refractivity contribution in [3.05, 3.63) is 0 Å². The average molecular weight is 818 g/mol. The van der Waals surface area contributed by atoms with Crippen LogP contribution >= 0.6 is 58.8 Å². The number of hydrogen-bond acceptors (Lipinski definition) is 9. The lowest BCUT2D eigenvalue weighted by Gasteiger charge is -2.37. The zero-order valence-electron chi connectivity index (χ0n) is 34.3. The summed E-state index contributed by atoms with van der Waals surface area (Å²) in [4.78, 5) is 9.39. The molecule has 0 aromatic carbocycles. The van der Waals surface area contributed by atoms with Crippen LogP contribution in [0.4, 0.5) is 0 Å². The van der Waals surface area contributed by atoms with Gasteiger partial charge >= 0.3 is 0 Å². The molecule has 4 nitrogen and oxygen atoms in total. The maximum Gasteiger partial charge on any atom is 0.0518 e. The Hall–Kier alpha value is 2.24. The first-order valence-electron chi connectivity index (χ1n) is 19.0. The number of rotatable bonds is 35. The summed E-state index contributed by atoms with van der Waals surface area (Å²) in [6.07, 6.45) is 5.22. The normalized spacial score (nSPS) is 13.2. The van der Waals surface area contributed by atoms with Crippen LogP contribution in [0.1, 0.15) is 12.8 Å². The summed E-state index contributed by atoms with van der Waals surface area (Å²) in [6.45, 7) is 13.4. The number of unbranched alkanes of at least 4 members (excludes halogenated alkanes) is 1. The second-order valence-corrected chi connectivity index (χ2v) is 37.8. The standard InChI is InChI=1S/C36H84N4S5Si3/c1-37(2)15-20-42-24-29-47(11,30-25-43-21-16-38(3)4)35-33-46(10,28-14-13-19-41-9)34-36-48(12,31-26-44-22-17-39(5)6)32-27-45-23-18-40(7)8/h13-36H2,1-12H3. The highest BCUT2D eigenvalue weighted by Crippen LogP contribution is 2.37. The van der Waals surface area contributed by atoms with Gasteiger partial charge in [-0.3, -0.25) is 0 Å². The summed E-state index contributed by atoms with van der Waals surface area (Å²) in [5.41, 5.74) is 0. The van der Waals surface area contributed by atoms with Crippen molar-refractivity contribution in [1.29, 1.82) is 0 Å². The third-order valence-electron chi connectivity index (χ3n) is 10.2. The number of hydrogen-bond donors (Lipinski definition) is 0. The van der Waals surface area contributed by atoms with E-state index < -0.39 is 24.2 Å². The van der Waals surface area contributed by atoms with Crippen molar-refractivity contribution in [2.45, 2.75) is 86.9 Å². The van der Waals surface area contributed by atoms with Gasteiger partial charge in [0.05, 0.1) is 16.1 Å². The fourth-order valence-electron chi connectivity index (χ4n) is 5.80. The second kappa shape index (κ2) is 30.6. The maximum absolute atomic E-state index is 2.88. The van der Waals surface area contributed by atoms with Gasteiger partial charge in [0, 0.05) is 57.3 Å². The minimum absolute atomic E-state index is 1.22. The van der Waals surface area contributed by atoms with Crippen molar-refractivity contribution in [2.75, 3.05) is 141 Å². The fourth-order valence-corrected chi connectivity index (χ4v) is 32.3. The Morgan fingerprint density at radius 1 is 0.333 bits per heavy atom. The molecule has 0 amide bonds. The molecule has 0 aliphatic carbocycles. The third kappa shape index (κ3) is 30.7. The summed E-state index contributed by atoms with van der Waals surface area (Å²) in [5.74, 6) is 12.1. The Bertz CT molecular complexity index is 652. The van der Waals surface area contributed by atoms with Crippen molar-refractivity contribution in [3.8, 4) is 0 Å². The molecular formula is C36H84N4S5Si3. The van der Waals surface area contributed by atoms with Gasteiger partial charge in [-0.25, -0.2) is 0 Å². The van der Waals surface area contributed by atoms with Crippen LogP contribution < -0.4 is 0 Å². The van der Waals surface area contributed by atoms with E-state index in [0.29, 0.717) is 0 Å². The minimum atomic E-state index is -1.29. The highest BCUT2D eigenvalue weighted by atomic mass is 32.2. The lowest BCUT2D eigenvalue weighted by Crippen LogP contribution is -2.40. The third-order valence-corrected chi connectivity index (χ3v) is 30.4. The molecule has 0 saturated heterocycles. The van der Waals surface area contributed by atoms with Crippen LogP contribution in [0, 0.1) is 0 Å². The highest BCUT2D eigenvalue weighted by Gasteiger charge is 2.36. The van der Waals surface area contributed by atoms with E-state index in [-0.39, 0.29) is 0 Å². The van der Waals surface area contributed by atoms with Crippen molar-refractivity contribution in [2.24, 2.45) is 0 Å². The molecule has 0 aliphatic rings. The first kappa shape index (κ1) is 50.2. The van der Waals surface area contributed by atoms with Crippen LogP contribution in [-0.4, -0.2) is 184 Å². The molecule has 0 N–H and O–H groups in total. The Kier molecular flexibility index (Phi) is 32.0. The maximum atomic E-state index is 2.88. The van der Waals surface area contributed by atoms with E-state index in [2.05, 4.69) is 161 Å². The van der Waals surface area contributed by atoms with Gasteiger partial charge in [-0.05, 0) is 122 Å². The van der Waals surface area contributed by atoms with Gasteiger partial charge in [-0.1, -0.05) is 56.3 Å². The lowest BCUT2D eigenvalue weighted by atomic mass is 10.4. The van der Waals surface area contributed by atoms with Gasteiger partial charge in [0.15, 0.2) is 0 Å². The van der Waals surface area contributed by atoms with Crippen LogP contribution in [0.2, 0.25) is 74.0 Å². The average Bonchev–Trinajstić information content (AvgIpc) is 3.00. The fraction of sp³-hybridized carbons (Fsp3) is 1.00. The van der Waals surface area contributed by atoms with E-state index in [4.69, 9.17) is 0 Å². The van der Waals surface area contributed by atoms with Gasteiger partial charge in [0.1, 0.15) is 0 Å². The van der Waals surface area contributed by atoms with E-state index in [1.807, 2.05) is 0 Å². The molecule has 0 bridgehead atoms. The molecule has 290 valence electrons. The smallest absolute Gasteiger partial charge is 0.0518 e. The monoisotopic (exact) mass is 816 g/mol. The summed E-state index contributed by atoms with van der Waals surface area (Å²) in [5, 5.41) is 0. The van der Waals surface area contributed by atoms with Crippen molar-refractivity contribution in [1.82, 2.24) is 19.6 Å². The van der Waals surface area contributed by atoms with Gasteiger partial charge in [0.25, 0.3) is 0 Å². The summed E-state index contributed by atoms with van der Waals surface area (Å²) in [6, 6.07) is 14.2. The van der Waals surface area contributed by atoms with Crippen LogP contribution in [-0.2, 0) is 0 Å². The molecule has 12 heteroatoms. The van der Waals surface area contributed by atoms with Crippen LogP contribution in [0.15, 0.2) is 0 Å². The van der Waals surface area contributed by atoms with E-state index in [0.717, 1.165) is 0 Å². The van der Waals surface area contributed by atoms with E-state index in [1.165, 1.54) is 115 Å². The van der Waals surface area contributed by atoms with Crippen molar-refractivity contribution >= 4 is 83.0 Å². The molecule has 0 aromatic rings. The largest absolute Gasteiger partial charge is 0.309 e. The van der Waals surface area contributed by atoms with Crippen molar-refractivity contribution < 1.29 is 0 Å². The molecule has 0 fully saturated rings. The summed E-state index contributed by atoms with van der Waals surface area (Å²) >= 11 is 11.0. The number of nitrogens with zero attached hydrogens (tertiary/aromatic N) is 4. The van der Waals surface area contributed by atoms with Crippen LogP contribution in [0.5, 0.6) is 0 Å². The molecule has 0 spiro atoms. The molecule has 0 heterocycles. The van der Waals surface area contributed by atoms with Crippen LogP contribution in [0.3, 0.4) is 0 Å². The van der Waals surface area contributed by atoms with Gasteiger partial charge in [0.2, 0.25) is 0 Å². The van der Waals surface area contributed by atoms with E-state index in [1.54, 1.807) is 30.2 Å². The lowest BCUT2D eigenvalue weighted by molar-refractivity contribution is 0.437. The molecule has 0 saturated carbocycles. The van der Waals surface area contributed by atoms with E-state index in [9.17, 15) is 0 Å². The quantitative estimate of drug-likeness (QED) is 0.0455. The molecule has 0 aromatic heterocycles. The van der Waals surface area contributed by atoms with E-state index >= 15 is 0 Å². The summed E-state index contributed by atoms with van der Waals surface area (Å²) in [7, 11) is 13.9. The first-order chi connectivity index (χ1) is 22.6. The van der Waals surface area contributed by atoms with Gasteiger partial charge in [-0.2, -0.15) is 58.8 Å². The Labute approximate surface area is 327 Å². The molecule has 0 atom stereocenters. The van der Waals surface area contributed by atoms with Crippen molar-refractivity contribution in [3.63, 3.8) is 0 Å². The van der Waals surface area contributed by atoms with Gasteiger partial charge < -0.3 is 19.6 Å². The zero-order valence-corrected chi connectivity index (χ0v) is 41.4. The topological polar surface area (TPSA) is 13.0 Å². The Balaban J connectivity index is 5.63. The molecular weight excluding hydrogens is 733 g/mol. The Morgan fingerprint density at radius 3 is 0.854 bits per heavy atom. The first-order valence-corrected chi connectivity index (χ1v) is 34.4. The van der Waals surface area contributed by atoms with Crippen LogP contribution in [0.25, 0.3) is 0 Å². The second-order valence-electron chi connectivity index (χ2n) is 16.5. The predicted octanol–water partition coefficient (Wildman–Crippen LogP) is 9.54. The number of thioether (sulfide) groups is 5.